The van der Waals surface area contributed by atoms with Crippen molar-refractivity contribution in [3.63, 3.8) is 0 Å². The van der Waals surface area contributed by atoms with Crippen molar-refractivity contribution < 1.29 is 18.0 Å². The lowest BCUT2D eigenvalue weighted by atomic mass is 10.0. The number of carbonyl (C=O) groups excluding carboxylic acids is 2. The average molecular weight is 602 g/mol. The number of unbranched alkanes of at least 4 members (excludes halogenated alkanes) is 1. The van der Waals surface area contributed by atoms with E-state index in [0.29, 0.717) is 48.8 Å². The molecule has 14 heteroatoms. The van der Waals surface area contributed by atoms with Gasteiger partial charge in [0.1, 0.15) is 5.78 Å². The number of amides is 2. The fourth-order valence-electron chi connectivity index (χ4n) is 5.63. The maximum Gasteiger partial charge on any atom is 0.343 e. The predicted octanol–water partition coefficient (Wildman–Crippen LogP) is 1.82. The molecular formula is C28H39N7O6S. The SMILES string of the molecule is CC(=O)CCCCn1c(=O)c2c(ncn2C)n(C)c1=O.Cc1ccc(S(=O)(=O)NC(=O)NN2CC3CCCC3C2)cc1. The Balaban J connectivity index is 0.000000194. The Labute approximate surface area is 244 Å². The van der Waals surface area contributed by atoms with Crippen LogP contribution in [0.3, 0.4) is 0 Å². The van der Waals surface area contributed by atoms with Gasteiger partial charge >= 0.3 is 11.7 Å². The van der Waals surface area contributed by atoms with Crippen LogP contribution in [0.1, 0.15) is 51.0 Å². The number of fused-ring (bicyclic) bond motifs is 2. The monoisotopic (exact) mass is 601 g/mol. The van der Waals surface area contributed by atoms with E-state index in [9.17, 15) is 27.6 Å². The number of ketones is 1. The zero-order valence-electron chi connectivity index (χ0n) is 24.5. The Morgan fingerprint density at radius 3 is 2.29 bits per heavy atom. The lowest BCUT2D eigenvalue weighted by Crippen LogP contribution is -2.48. The summed E-state index contributed by atoms with van der Waals surface area (Å²) in [6.07, 6.45) is 6.95. The first-order chi connectivity index (χ1) is 19.9. The van der Waals surface area contributed by atoms with Crippen LogP contribution in [0.4, 0.5) is 4.79 Å². The van der Waals surface area contributed by atoms with Crippen molar-refractivity contribution >= 4 is 33.0 Å². The summed E-state index contributed by atoms with van der Waals surface area (Å²) in [4.78, 5) is 51.5. The summed E-state index contributed by atoms with van der Waals surface area (Å²) in [5, 5.41) is 1.83. The minimum Gasteiger partial charge on any atom is -0.328 e. The van der Waals surface area contributed by atoms with E-state index in [2.05, 4.69) is 15.1 Å². The topological polar surface area (TPSA) is 157 Å². The van der Waals surface area contributed by atoms with Gasteiger partial charge in [-0.15, -0.1) is 0 Å². The average Bonchev–Trinajstić information content (AvgIpc) is 3.62. The molecule has 0 bridgehead atoms. The lowest BCUT2D eigenvalue weighted by molar-refractivity contribution is -0.117. The molecule has 1 saturated heterocycles. The molecule has 2 atom stereocenters. The number of nitrogens with zero attached hydrogens (tertiary/aromatic N) is 5. The van der Waals surface area contributed by atoms with Crippen LogP contribution in [0.5, 0.6) is 0 Å². The molecular weight excluding hydrogens is 562 g/mol. The summed E-state index contributed by atoms with van der Waals surface area (Å²) in [5.74, 6) is 1.38. The van der Waals surface area contributed by atoms with E-state index in [1.165, 1.54) is 53.8 Å². The van der Waals surface area contributed by atoms with Gasteiger partial charge in [-0.05, 0) is 63.5 Å². The van der Waals surface area contributed by atoms with E-state index in [1.807, 2.05) is 11.9 Å². The van der Waals surface area contributed by atoms with Crippen LogP contribution in [0.25, 0.3) is 11.2 Å². The number of aromatic nitrogens is 4. The van der Waals surface area contributed by atoms with Gasteiger partial charge in [0.2, 0.25) is 0 Å². The van der Waals surface area contributed by atoms with Gasteiger partial charge in [-0.1, -0.05) is 24.1 Å². The van der Waals surface area contributed by atoms with Crippen LogP contribution in [-0.4, -0.2) is 57.0 Å². The fourth-order valence-corrected chi connectivity index (χ4v) is 6.53. The molecule has 2 amide bonds. The Bertz CT molecular complexity index is 1660. The van der Waals surface area contributed by atoms with Gasteiger partial charge in [0, 0.05) is 40.2 Å². The number of rotatable bonds is 8. The zero-order valence-corrected chi connectivity index (χ0v) is 25.3. The maximum absolute atomic E-state index is 12.3. The molecule has 13 nitrogen and oxygen atoms in total. The summed E-state index contributed by atoms with van der Waals surface area (Å²) in [6.45, 7) is 5.35. The highest BCUT2D eigenvalue weighted by Gasteiger charge is 2.37. The van der Waals surface area contributed by atoms with Gasteiger partial charge in [-0.2, -0.15) is 0 Å². The number of urea groups is 1. The van der Waals surface area contributed by atoms with Crippen molar-refractivity contribution in [2.24, 2.45) is 25.9 Å². The molecule has 2 aromatic heterocycles. The zero-order chi connectivity index (χ0) is 30.6. The molecule has 1 saturated carbocycles. The van der Waals surface area contributed by atoms with E-state index in [0.717, 1.165) is 18.7 Å². The van der Waals surface area contributed by atoms with Crippen LogP contribution in [-0.2, 0) is 35.5 Å². The summed E-state index contributed by atoms with van der Waals surface area (Å²) < 4.78 is 30.5. The Morgan fingerprint density at radius 1 is 1.02 bits per heavy atom. The molecule has 3 aromatic rings. The third kappa shape index (κ3) is 7.16. The number of hydrogen-bond acceptors (Lipinski definition) is 8. The second kappa shape index (κ2) is 13.0. The lowest BCUT2D eigenvalue weighted by Gasteiger charge is -2.18. The van der Waals surface area contributed by atoms with Crippen molar-refractivity contribution in [2.45, 2.75) is 63.8 Å². The predicted molar refractivity (Wildman–Crippen MR) is 157 cm³/mol. The van der Waals surface area contributed by atoms with Gasteiger partial charge in [0.15, 0.2) is 11.2 Å². The minimum absolute atomic E-state index is 0.0894. The smallest absolute Gasteiger partial charge is 0.328 e. The first-order valence-corrected chi connectivity index (χ1v) is 15.6. The minimum atomic E-state index is -3.83. The first-order valence-electron chi connectivity index (χ1n) is 14.1. The highest BCUT2D eigenvalue weighted by molar-refractivity contribution is 7.90. The number of hydrazine groups is 1. The molecule has 2 fully saturated rings. The number of imidazole rings is 1. The Hall–Kier alpha value is -3.78. The fraction of sp³-hybridized carbons (Fsp3) is 0.536. The molecule has 1 aliphatic heterocycles. The van der Waals surface area contributed by atoms with E-state index >= 15 is 0 Å². The summed E-state index contributed by atoms with van der Waals surface area (Å²) in [7, 11) is -0.501. The number of hydrogen-bond donors (Lipinski definition) is 2. The highest BCUT2D eigenvalue weighted by atomic mass is 32.2. The van der Waals surface area contributed by atoms with Crippen molar-refractivity contribution in [3.8, 4) is 0 Å². The maximum atomic E-state index is 12.3. The number of Topliss-reactive ketones (excluding diaryl/α,β-unsaturated/α-hetero) is 1. The van der Waals surface area contributed by atoms with E-state index in [1.54, 1.807) is 30.8 Å². The van der Waals surface area contributed by atoms with Crippen molar-refractivity contribution in [1.82, 2.24) is 33.8 Å². The van der Waals surface area contributed by atoms with Gasteiger partial charge in [0.25, 0.3) is 15.6 Å². The largest absolute Gasteiger partial charge is 0.343 e. The number of sulfonamides is 1. The van der Waals surface area contributed by atoms with Crippen molar-refractivity contribution in [2.75, 3.05) is 13.1 Å². The highest BCUT2D eigenvalue weighted by Crippen LogP contribution is 2.36. The molecule has 3 heterocycles. The number of aryl methyl sites for hydroxylation is 3. The molecule has 2 unspecified atom stereocenters. The molecule has 1 aromatic carbocycles. The standard InChI is InChI=1S/C15H21N3O3S.C13H18N4O3/c1-11-5-7-14(8-6-11)22(20,21)17-15(19)16-18-9-12-3-2-4-13(12)10-18;1-9(18)6-4-5-7-17-12(19)10-11(14-8-15(10)2)16(3)13(17)20/h5-8,12-13H,2-4,9-10H2,1H3,(H2,16,17,19);8H,4-7H2,1-3H3. The second-order valence-electron chi connectivity index (χ2n) is 11.2. The van der Waals surface area contributed by atoms with Crippen molar-refractivity contribution in [1.29, 1.82) is 0 Å². The van der Waals surface area contributed by atoms with E-state index in [4.69, 9.17) is 0 Å². The van der Waals surface area contributed by atoms with Gasteiger partial charge in [-0.25, -0.2) is 32.7 Å². The van der Waals surface area contributed by atoms with E-state index < -0.39 is 16.1 Å². The van der Waals surface area contributed by atoms with Crippen molar-refractivity contribution in [3.05, 3.63) is 57.0 Å². The normalized spacial score (nSPS) is 18.4. The van der Waals surface area contributed by atoms with Gasteiger partial charge in [0.05, 0.1) is 11.2 Å². The molecule has 0 radical (unpaired) electrons. The molecule has 42 heavy (non-hydrogen) atoms. The number of benzene rings is 1. The summed E-state index contributed by atoms with van der Waals surface area (Å²) in [6, 6.07) is 5.69. The van der Waals surface area contributed by atoms with E-state index in [-0.39, 0.29) is 21.9 Å². The third-order valence-electron chi connectivity index (χ3n) is 7.91. The Kier molecular flexibility index (Phi) is 9.67. The quantitative estimate of drug-likeness (QED) is 0.370. The Morgan fingerprint density at radius 2 is 1.67 bits per heavy atom. The van der Waals surface area contributed by atoms with Crippen LogP contribution in [0, 0.1) is 18.8 Å². The third-order valence-corrected chi connectivity index (χ3v) is 9.25. The summed E-state index contributed by atoms with van der Waals surface area (Å²) >= 11 is 0. The van der Waals surface area contributed by atoms with Gasteiger partial charge in [-0.3, -0.25) is 19.4 Å². The summed E-state index contributed by atoms with van der Waals surface area (Å²) in [5.41, 5.74) is 3.72. The second-order valence-corrected chi connectivity index (χ2v) is 12.9. The molecule has 1 aliphatic carbocycles. The molecule has 5 rings (SSSR count). The van der Waals surface area contributed by atoms with Crippen LogP contribution < -0.4 is 21.4 Å². The number of nitrogens with one attached hydrogen (secondary N) is 2. The molecule has 2 N–H and O–H groups in total. The van der Waals surface area contributed by atoms with Gasteiger partial charge < -0.3 is 9.36 Å². The first kappa shape index (κ1) is 31.2. The number of carbonyl (C=O) groups is 2. The van der Waals surface area contributed by atoms with Crippen LogP contribution in [0.15, 0.2) is 45.1 Å². The molecule has 228 valence electrons. The molecule has 0 spiro atoms. The molecule has 2 aliphatic rings. The van der Waals surface area contributed by atoms with Crippen LogP contribution >= 0.6 is 0 Å². The van der Waals surface area contributed by atoms with Crippen LogP contribution in [0.2, 0.25) is 0 Å².